The fourth-order valence-electron chi connectivity index (χ4n) is 0.930. The van der Waals surface area contributed by atoms with E-state index in [1.54, 1.807) is 6.92 Å². The molecular formula is C8H20N2O2S. The molecule has 1 atom stereocenters. The summed E-state index contributed by atoms with van der Waals surface area (Å²) in [6.45, 7) is 2.67. The van der Waals surface area contributed by atoms with Crippen molar-refractivity contribution in [3.63, 3.8) is 0 Å². The van der Waals surface area contributed by atoms with E-state index in [4.69, 9.17) is 5.73 Å². The smallest absolute Gasteiger partial charge is 0.154 e. The van der Waals surface area contributed by atoms with E-state index in [1.165, 1.54) is 0 Å². The first-order chi connectivity index (χ1) is 5.90. The second-order valence-corrected chi connectivity index (χ2v) is 6.11. The molecule has 0 aliphatic rings. The van der Waals surface area contributed by atoms with Gasteiger partial charge in [-0.2, -0.15) is 0 Å². The minimum atomic E-state index is -2.96. The molecule has 0 heterocycles. The van der Waals surface area contributed by atoms with E-state index < -0.39 is 15.1 Å². The summed E-state index contributed by atoms with van der Waals surface area (Å²) in [4.78, 5) is 1.97. The predicted molar refractivity (Wildman–Crippen MR) is 55.5 cm³/mol. The molecule has 0 aromatic rings. The fraction of sp³-hybridized carbons (Fsp3) is 1.00. The van der Waals surface area contributed by atoms with Crippen LogP contribution >= 0.6 is 0 Å². The van der Waals surface area contributed by atoms with Gasteiger partial charge in [-0.3, -0.25) is 0 Å². The van der Waals surface area contributed by atoms with Gasteiger partial charge in [0.25, 0.3) is 0 Å². The van der Waals surface area contributed by atoms with Crippen molar-refractivity contribution < 1.29 is 8.42 Å². The predicted octanol–water partition coefficient (Wildman–Crippen LogP) is -0.300. The average molecular weight is 208 g/mol. The topological polar surface area (TPSA) is 63.4 Å². The molecule has 1 unspecified atom stereocenters. The van der Waals surface area contributed by atoms with Gasteiger partial charge in [-0.05, 0) is 34.0 Å². The van der Waals surface area contributed by atoms with Gasteiger partial charge in [0, 0.05) is 6.54 Å². The Labute approximate surface area is 81.0 Å². The molecule has 5 heteroatoms. The number of rotatable bonds is 6. The van der Waals surface area contributed by atoms with Crippen LogP contribution in [0, 0.1) is 0 Å². The minimum absolute atomic E-state index is 0.213. The summed E-state index contributed by atoms with van der Waals surface area (Å²) in [5.74, 6) is 0.240. The standard InChI is InChI=1S/C8H20N2O2S/c1-8(7-9)13(11,12)6-4-5-10(2)3/h8H,4-7,9H2,1-3H3. The number of nitrogens with two attached hydrogens (primary N) is 1. The Balaban J connectivity index is 3.91. The van der Waals surface area contributed by atoms with Gasteiger partial charge in [-0.1, -0.05) is 0 Å². The van der Waals surface area contributed by atoms with Gasteiger partial charge >= 0.3 is 0 Å². The molecule has 0 fully saturated rings. The molecule has 0 radical (unpaired) electrons. The van der Waals surface area contributed by atoms with Gasteiger partial charge in [0.05, 0.1) is 11.0 Å². The summed E-state index contributed by atoms with van der Waals surface area (Å²) in [7, 11) is 0.901. The van der Waals surface area contributed by atoms with Crippen LogP contribution in [-0.4, -0.2) is 51.5 Å². The lowest BCUT2D eigenvalue weighted by Crippen LogP contribution is -2.29. The van der Waals surface area contributed by atoms with Crippen LogP contribution in [0.15, 0.2) is 0 Å². The van der Waals surface area contributed by atoms with Crippen molar-refractivity contribution in [3.8, 4) is 0 Å². The zero-order valence-electron chi connectivity index (χ0n) is 8.66. The van der Waals surface area contributed by atoms with E-state index in [-0.39, 0.29) is 12.3 Å². The highest BCUT2D eigenvalue weighted by atomic mass is 32.2. The Bertz CT molecular complexity index is 224. The maximum atomic E-state index is 11.4. The molecule has 4 nitrogen and oxygen atoms in total. The molecular weight excluding hydrogens is 188 g/mol. The summed E-state index contributed by atoms with van der Waals surface area (Å²) in [6, 6.07) is 0. The number of hydrogen-bond donors (Lipinski definition) is 1. The van der Waals surface area contributed by atoms with Crippen molar-refractivity contribution in [2.45, 2.75) is 18.6 Å². The first kappa shape index (κ1) is 12.9. The summed E-state index contributed by atoms with van der Waals surface area (Å²) in [6.07, 6.45) is 0.680. The normalized spacial score (nSPS) is 14.8. The van der Waals surface area contributed by atoms with Gasteiger partial charge in [0.2, 0.25) is 0 Å². The van der Waals surface area contributed by atoms with Gasteiger partial charge in [0.1, 0.15) is 0 Å². The van der Waals surface area contributed by atoms with Crippen molar-refractivity contribution in [2.75, 3.05) is 32.9 Å². The van der Waals surface area contributed by atoms with E-state index in [1.807, 2.05) is 19.0 Å². The van der Waals surface area contributed by atoms with Crippen LogP contribution in [0.4, 0.5) is 0 Å². The summed E-state index contributed by atoms with van der Waals surface area (Å²) < 4.78 is 22.9. The van der Waals surface area contributed by atoms with Gasteiger partial charge in [-0.25, -0.2) is 8.42 Å². The van der Waals surface area contributed by atoms with Crippen LogP contribution in [0.2, 0.25) is 0 Å². The molecule has 0 saturated heterocycles. The molecule has 80 valence electrons. The summed E-state index contributed by atoms with van der Waals surface area (Å²) in [5.41, 5.74) is 5.30. The molecule has 0 aromatic carbocycles. The fourth-order valence-corrected chi connectivity index (χ4v) is 2.16. The molecule has 0 spiro atoms. The molecule has 0 aliphatic carbocycles. The number of hydrogen-bond acceptors (Lipinski definition) is 4. The van der Waals surface area contributed by atoms with Crippen molar-refractivity contribution in [1.29, 1.82) is 0 Å². The van der Waals surface area contributed by atoms with Gasteiger partial charge in [-0.15, -0.1) is 0 Å². The highest BCUT2D eigenvalue weighted by Crippen LogP contribution is 2.02. The summed E-state index contributed by atoms with van der Waals surface area (Å²) >= 11 is 0. The molecule has 0 aliphatic heterocycles. The molecule has 2 N–H and O–H groups in total. The quantitative estimate of drug-likeness (QED) is 0.651. The van der Waals surface area contributed by atoms with Crippen LogP contribution in [0.5, 0.6) is 0 Å². The third kappa shape index (κ3) is 5.23. The molecule has 0 bridgehead atoms. The molecule has 0 saturated carbocycles. The lowest BCUT2D eigenvalue weighted by atomic mass is 10.5. The third-order valence-electron chi connectivity index (χ3n) is 1.98. The Hall–Kier alpha value is -0.130. The Morgan fingerprint density at radius 1 is 1.38 bits per heavy atom. The first-order valence-electron chi connectivity index (χ1n) is 4.46. The van der Waals surface area contributed by atoms with E-state index in [2.05, 4.69) is 0 Å². The second-order valence-electron chi connectivity index (χ2n) is 3.57. The lowest BCUT2D eigenvalue weighted by molar-refractivity contribution is 0.408. The van der Waals surface area contributed by atoms with E-state index in [0.29, 0.717) is 6.42 Å². The number of nitrogens with zero attached hydrogens (tertiary/aromatic N) is 1. The van der Waals surface area contributed by atoms with Crippen LogP contribution in [0.1, 0.15) is 13.3 Å². The summed E-state index contributed by atoms with van der Waals surface area (Å²) in [5, 5.41) is -0.408. The van der Waals surface area contributed by atoms with Crippen molar-refractivity contribution in [2.24, 2.45) is 5.73 Å². The van der Waals surface area contributed by atoms with Gasteiger partial charge < -0.3 is 10.6 Å². The first-order valence-corrected chi connectivity index (χ1v) is 6.18. The van der Waals surface area contributed by atoms with Crippen molar-refractivity contribution in [1.82, 2.24) is 4.90 Å². The third-order valence-corrected chi connectivity index (χ3v) is 4.26. The molecule has 0 aromatic heterocycles. The SMILES string of the molecule is CC(CN)S(=O)(=O)CCCN(C)C. The highest BCUT2D eigenvalue weighted by molar-refractivity contribution is 7.92. The maximum absolute atomic E-state index is 11.4. The second kappa shape index (κ2) is 5.57. The number of sulfone groups is 1. The van der Waals surface area contributed by atoms with Crippen molar-refractivity contribution >= 4 is 9.84 Å². The van der Waals surface area contributed by atoms with E-state index in [0.717, 1.165) is 6.54 Å². The van der Waals surface area contributed by atoms with E-state index >= 15 is 0 Å². The van der Waals surface area contributed by atoms with Crippen LogP contribution in [0.3, 0.4) is 0 Å². The minimum Gasteiger partial charge on any atom is -0.329 e. The zero-order chi connectivity index (χ0) is 10.5. The van der Waals surface area contributed by atoms with Crippen LogP contribution in [-0.2, 0) is 9.84 Å². The monoisotopic (exact) mass is 208 g/mol. The van der Waals surface area contributed by atoms with Crippen LogP contribution in [0.25, 0.3) is 0 Å². The average Bonchev–Trinajstić information content (AvgIpc) is 2.01. The van der Waals surface area contributed by atoms with Gasteiger partial charge in [0.15, 0.2) is 9.84 Å². The Kier molecular flexibility index (Phi) is 5.51. The largest absolute Gasteiger partial charge is 0.329 e. The maximum Gasteiger partial charge on any atom is 0.154 e. The molecule has 0 amide bonds. The highest BCUT2D eigenvalue weighted by Gasteiger charge is 2.18. The zero-order valence-corrected chi connectivity index (χ0v) is 9.47. The lowest BCUT2D eigenvalue weighted by Gasteiger charge is -2.12. The van der Waals surface area contributed by atoms with Crippen LogP contribution < -0.4 is 5.73 Å². The Morgan fingerprint density at radius 3 is 2.31 bits per heavy atom. The Morgan fingerprint density at radius 2 is 1.92 bits per heavy atom. The molecule has 13 heavy (non-hydrogen) atoms. The van der Waals surface area contributed by atoms with Crippen molar-refractivity contribution in [3.05, 3.63) is 0 Å². The van der Waals surface area contributed by atoms with E-state index in [9.17, 15) is 8.42 Å². The molecule has 0 rings (SSSR count).